The van der Waals surface area contributed by atoms with E-state index in [0.29, 0.717) is 24.6 Å². The molecule has 1 aromatic rings. The molecule has 3 atom stereocenters. The first-order chi connectivity index (χ1) is 9.00. The van der Waals surface area contributed by atoms with Crippen LogP contribution in [-0.4, -0.2) is 18.8 Å². The van der Waals surface area contributed by atoms with Gasteiger partial charge >= 0.3 is 0 Å². The van der Waals surface area contributed by atoms with Crippen molar-refractivity contribution in [3.05, 3.63) is 35.4 Å². The summed E-state index contributed by atoms with van der Waals surface area (Å²) in [5.41, 5.74) is 0.886. The van der Waals surface area contributed by atoms with E-state index in [1.54, 1.807) is 6.07 Å². The minimum Gasteiger partial charge on any atom is -0.377 e. The molecule has 2 nitrogen and oxygen atoms in total. The van der Waals surface area contributed by atoms with Crippen LogP contribution in [0.25, 0.3) is 0 Å². The normalized spacial score (nSPS) is 31.9. The van der Waals surface area contributed by atoms with Crippen molar-refractivity contribution in [2.24, 2.45) is 11.3 Å². The summed E-state index contributed by atoms with van der Waals surface area (Å²) in [5, 5.41) is 3.47. The van der Waals surface area contributed by atoms with E-state index in [0.717, 1.165) is 18.6 Å². The summed E-state index contributed by atoms with van der Waals surface area (Å²) in [6, 6.07) is 4.45. The quantitative estimate of drug-likeness (QED) is 0.909. The van der Waals surface area contributed by atoms with Gasteiger partial charge in [-0.3, -0.25) is 0 Å². The van der Waals surface area contributed by atoms with Crippen LogP contribution < -0.4 is 5.32 Å². The third-order valence-electron chi connectivity index (χ3n) is 4.61. The maximum Gasteiger partial charge on any atom is 0.159 e. The second-order valence-corrected chi connectivity index (χ2v) is 6.17. The van der Waals surface area contributed by atoms with Crippen LogP contribution in [0.5, 0.6) is 0 Å². The molecule has 1 saturated carbocycles. The van der Waals surface area contributed by atoms with Crippen LogP contribution >= 0.6 is 0 Å². The Morgan fingerprint density at radius 3 is 2.84 bits per heavy atom. The van der Waals surface area contributed by atoms with Gasteiger partial charge in [0.25, 0.3) is 0 Å². The molecule has 0 aromatic heterocycles. The highest BCUT2D eigenvalue weighted by Crippen LogP contribution is 2.52. The van der Waals surface area contributed by atoms with E-state index < -0.39 is 11.6 Å². The van der Waals surface area contributed by atoms with Gasteiger partial charge in [0.1, 0.15) is 0 Å². The Hall–Kier alpha value is -1.00. The topological polar surface area (TPSA) is 21.3 Å². The molecule has 0 radical (unpaired) electrons. The molecule has 0 spiro atoms. The molecule has 4 heteroatoms. The highest BCUT2D eigenvalue weighted by atomic mass is 19.2. The Morgan fingerprint density at radius 2 is 2.11 bits per heavy atom. The van der Waals surface area contributed by atoms with E-state index in [1.165, 1.54) is 12.1 Å². The molecule has 3 unspecified atom stereocenters. The van der Waals surface area contributed by atoms with Crippen LogP contribution in [0.4, 0.5) is 8.78 Å². The van der Waals surface area contributed by atoms with Gasteiger partial charge in [0.15, 0.2) is 11.6 Å². The lowest BCUT2D eigenvalue weighted by Gasteiger charge is -2.55. The molecule has 1 heterocycles. The lowest BCUT2D eigenvalue weighted by Crippen LogP contribution is -2.65. The van der Waals surface area contributed by atoms with Crippen LogP contribution in [-0.2, 0) is 11.3 Å². The van der Waals surface area contributed by atoms with Crippen molar-refractivity contribution in [2.75, 3.05) is 6.61 Å². The van der Waals surface area contributed by atoms with Crippen LogP contribution in [0.1, 0.15) is 25.8 Å². The standard InChI is InChI=1S/C15H19F2NO/c1-15(2)13(10-5-6-19-14(10)15)18-8-9-3-4-11(16)12(17)7-9/h3-4,7,10,13-14,18H,5-6,8H2,1-2H3. The van der Waals surface area contributed by atoms with Crippen LogP contribution in [0, 0.1) is 23.0 Å². The Kier molecular flexibility index (Phi) is 3.10. The summed E-state index contributed by atoms with van der Waals surface area (Å²) in [7, 11) is 0. The zero-order valence-electron chi connectivity index (χ0n) is 11.2. The van der Waals surface area contributed by atoms with Gasteiger partial charge in [-0.05, 0) is 24.1 Å². The molecular weight excluding hydrogens is 248 g/mol. The molecule has 3 rings (SSSR count). The lowest BCUT2D eigenvalue weighted by atomic mass is 9.57. The second-order valence-electron chi connectivity index (χ2n) is 6.17. The smallest absolute Gasteiger partial charge is 0.159 e. The summed E-state index contributed by atoms with van der Waals surface area (Å²) >= 11 is 0. The molecular formula is C15H19F2NO. The number of fused-ring (bicyclic) bond motifs is 1. The zero-order valence-corrected chi connectivity index (χ0v) is 11.2. The predicted molar refractivity (Wildman–Crippen MR) is 68.6 cm³/mol. The molecule has 1 aromatic carbocycles. The van der Waals surface area contributed by atoms with Crippen molar-refractivity contribution in [3.8, 4) is 0 Å². The fourth-order valence-electron chi connectivity index (χ4n) is 3.62. The molecule has 1 aliphatic heterocycles. The number of halogens is 2. The van der Waals surface area contributed by atoms with E-state index in [1.807, 2.05) is 0 Å². The van der Waals surface area contributed by atoms with Gasteiger partial charge in [0.2, 0.25) is 0 Å². The first-order valence-corrected chi connectivity index (χ1v) is 6.79. The number of nitrogens with one attached hydrogen (secondary N) is 1. The van der Waals surface area contributed by atoms with Crippen molar-refractivity contribution >= 4 is 0 Å². The van der Waals surface area contributed by atoms with Crippen molar-refractivity contribution in [1.82, 2.24) is 5.32 Å². The molecule has 2 fully saturated rings. The van der Waals surface area contributed by atoms with E-state index in [-0.39, 0.29) is 5.41 Å². The molecule has 19 heavy (non-hydrogen) atoms. The monoisotopic (exact) mass is 267 g/mol. The Morgan fingerprint density at radius 1 is 1.32 bits per heavy atom. The van der Waals surface area contributed by atoms with Gasteiger partial charge in [-0.1, -0.05) is 19.9 Å². The first-order valence-electron chi connectivity index (χ1n) is 6.79. The average molecular weight is 267 g/mol. The average Bonchev–Trinajstić information content (AvgIpc) is 2.80. The summed E-state index contributed by atoms with van der Waals surface area (Å²) in [6.07, 6.45) is 1.43. The lowest BCUT2D eigenvalue weighted by molar-refractivity contribution is -0.113. The number of benzene rings is 1. The van der Waals surface area contributed by atoms with Crippen molar-refractivity contribution < 1.29 is 13.5 Å². The van der Waals surface area contributed by atoms with Crippen LogP contribution in [0.3, 0.4) is 0 Å². The minimum atomic E-state index is -0.794. The maximum absolute atomic E-state index is 13.1. The summed E-state index contributed by atoms with van der Waals surface area (Å²) < 4.78 is 31.7. The Bertz CT molecular complexity index is 489. The fourth-order valence-corrected chi connectivity index (χ4v) is 3.62. The van der Waals surface area contributed by atoms with Gasteiger partial charge in [0.05, 0.1) is 6.10 Å². The third kappa shape index (κ3) is 2.07. The minimum absolute atomic E-state index is 0.111. The summed E-state index contributed by atoms with van der Waals surface area (Å²) in [5.74, 6) is -1.02. The SMILES string of the molecule is CC1(C)C(NCc2ccc(F)c(F)c2)C2CCOC21. The van der Waals surface area contributed by atoms with E-state index in [9.17, 15) is 8.78 Å². The van der Waals surface area contributed by atoms with Crippen molar-refractivity contribution in [2.45, 2.75) is 39.0 Å². The van der Waals surface area contributed by atoms with Gasteiger partial charge in [-0.15, -0.1) is 0 Å². The predicted octanol–water partition coefficient (Wildman–Crippen LogP) is 2.87. The maximum atomic E-state index is 13.1. The number of hydrogen-bond acceptors (Lipinski definition) is 2. The molecule has 104 valence electrons. The van der Waals surface area contributed by atoms with Gasteiger partial charge in [-0.25, -0.2) is 8.78 Å². The van der Waals surface area contributed by atoms with Crippen LogP contribution in [0.2, 0.25) is 0 Å². The van der Waals surface area contributed by atoms with Crippen molar-refractivity contribution in [3.63, 3.8) is 0 Å². The number of rotatable bonds is 3. The molecule has 0 amide bonds. The largest absolute Gasteiger partial charge is 0.377 e. The van der Waals surface area contributed by atoms with Gasteiger partial charge < -0.3 is 10.1 Å². The highest BCUT2D eigenvalue weighted by molar-refractivity contribution is 5.19. The first kappa shape index (κ1) is 13.0. The van der Waals surface area contributed by atoms with E-state index in [4.69, 9.17) is 4.74 Å². The Labute approximate surface area is 112 Å². The molecule has 1 N–H and O–H groups in total. The molecule has 2 aliphatic rings. The van der Waals surface area contributed by atoms with Gasteiger partial charge in [0, 0.05) is 30.5 Å². The summed E-state index contributed by atoms with van der Waals surface area (Å²) in [4.78, 5) is 0. The van der Waals surface area contributed by atoms with E-state index >= 15 is 0 Å². The third-order valence-corrected chi connectivity index (χ3v) is 4.61. The van der Waals surface area contributed by atoms with Gasteiger partial charge in [-0.2, -0.15) is 0 Å². The van der Waals surface area contributed by atoms with E-state index in [2.05, 4.69) is 19.2 Å². The fraction of sp³-hybridized carbons (Fsp3) is 0.600. The zero-order chi connectivity index (χ0) is 13.6. The molecule has 1 saturated heterocycles. The summed E-state index contributed by atoms with van der Waals surface area (Å²) in [6.45, 7) is 5.79. The van der Waals surface area contributed by atoms with Crippen LogP contribution in [0.15, 0.2) is 18.2 Å². The highest BCUT2D eigenvalue weighted by Gasteiger charge is 2.58. The van der Waals surface area contributed by atoms with Crippen molar-refractivity contribution in [1.29, 1.82) is 0 Å². The number of hydrogen-bond donors (Lipinski definition) is 1. The molecule has 0 bridgehead atoms. The number of ether oxygens (including phenoxy) is 1. The second kappa shape index (κ2) is 4.53. The molecule has 1 aliphatic carbocycles. The Balaban J connectivity index is 1.64.